The number of ether oxygens (including phenoxy) is 1. The zero-order valence-corrected chi connectivity index (χ0v) is 12.7. The summed E-state index contributed by atoms with van der Waals surface area (Å²) in [5.74, 6) is 1.45. The molecule has 3 heterocycles. The Balaban J connectivity index is 1.62. The van der Waals surface area contributed by atoms with Crippen LogP contribution in [0.25, 0.3) is 0 Å². The van der Waals surface area contributed by atoms with E-state index in [0.29, 0.717) is 24.1 Å². The number of nitrogens with zero attached hydrogens (tertiary/aromatic N) is 1. The first-order chi connectivity index (χ1) is 10.3. The summed E-state index contributed by atoms with van der Waals surface area (Å²) in [5.41, 5.74) is 0.694. The molecule has 0 spiro atoms. The van der Waals surface area contributed by atoms with Crippen LogP contribution in [0.2, 0.25) is 0 Å². The van der Waals surface area contributed by atoms with E-state index in [4.69, 9.17) is 4.74 Å². The minimum atomic E-state index is 0.0238. The third-order valence-electron chi connectivity index (χ3n) is 4.54. The van der Waals surface area contributed by atoms with Gasteiger partial charge >= 0.3 is 0 Å². The highest BCUT2D eigenvalue weighted by atomic mass is 16.5. The average molecular weight is 288 g/mol. The number of benzene rings is 1. The highest BCUT2D eigenvalue weighted by molar-refractivity contribution is 5.94. The highest BCUT2D eigenvalue weighted by Crippen LogP contribution is 2.27. The molecule has 3 saturated heterocycles. The molecule has 4 rings (SSSR count). The Labute approximate surface area is 126 Å². The summed E-state index contributed by atoms with van der Waals surface area (Å²) in [4.78, 5) is 14.9. The molecule has 4 heteroatoms. The molecule has 2 bridgehead atoms. The lowest BCUT2D eigenvalue weighted by Gasteiger charge is -2.44. The predicted octanol–water partition coefficient (Wildman–Crippen LogP) is 2.30. The van der Waals surface area contributed by atoms with Gasteiger partial charge in [-0.15, -0.1) is 0 Å². The quantitative estimate of drug-likeness (QED) is 0.904. The summed E-state index contributed by atoms with van der Waals surface area (Å²) in [6, 6.07) is 7.79. The number of fused-ring (bicyclic) bond motifs is 3. The van der Waals surface area contributed by atoms with Gasteiger partial charge in [-0.25, -0.2) is 0 Å². The molecule has 3 aliphatic heterocycles. The molecule has 0 radical (unpaired) electrons. The van der Waals surface area contributed by atoms with E-state index in [0.717, 1.165) is 18.7 Å². The van der Waals surface area contributed by atoms with Crippen LogP contribution < -0.4 is 10.1 Å². The molecule has 4 nitrogen and oxygen atoms in total. The van der Waals surface area contributed by atoms with Gasteiger partial charge in [0, 0.05) is 18.2 Å². The number of nitrogens with one attached hydrogen (secondary N) is 1. The molecule has 114 valence electrons. The van der Waals surface area contributed by atoms with E-state index in [2.05, 4.69) is 17.1 Å². The topological polar surface area (TPSA) is 41.6 Å². The summed E-state index contributed by atoms with van der Waals surface area (Å²) in [6.07, 6.45) is 3.39. The normalized spacial score (nSPS) is 27.4. The number of hydrogen-bond donors (Lipinski definition) is 1. The summed E-state index contributed by atoms with van der Waals surface area (Å²) >= 11 is 0. The summed E-state index contributed by atoms with van der Waals surface area (Å²) in [6.45, 7) is 6.14. The van der Waals surface area contributed by atoms with Crippen molar-refractivity contribution in [3.63, 3.8) is 0 Å². The fourth-order valence-electron chi connectivity index (χ4n) is 3.33. The van der Waals surface area contributed by atoms with Crippen LogP contribution in [0.1, 0.15) is 36.5 Å². The van der Waals surface area contributed by atoms with Gasteiger partial charge in [0.2, 0.25) is 0 Å². The molecular formula is C17H24N2O2. The molecule has 1 unspecified atom stereocenters. The van der Waals surface area contributed by atoms with Crippen molar-refractivity contribution in [1.82, 2.24) is 10.2 Å². The Hall–Kier alpha value is -1.55. The first kappa shape index (κ1) is 14.4. The van der Waals surface area contributed by atoms with Crippen molar-refractivity contribution in [2.75, 3.05) is 26.2 Å². The van der Waals surface area contributed by atoms with Crippen LogP contribution >= 0.6 is 0 Å². The molecular weight excluding hydrogens is 264 g/mol. The van der Waals surface area contributed by atoms with E-state index in [-0.39, 0.29) is 5.91 Å². The number of amides is 1. The molecule has 1 aromatic rings. The largest absolute Gasteiger partial charge is 0.494 e. The zero-order valence-electron chi connectivity index (χ0n) is 12.7. The van der Waals surface area contributed by atoms with Crippen molar-refractivity contribution in [3.8, 4) is 5.75 Å². The van der Waals surface area contributed by atoms with Gasteiger partial charge < -0.3 is 15.0 Å². The second kappa shape index (κ2) is 6.48. The van der Waals surface area contributed by atoms with E-state index >= 15 is 0 Å². The van der Waals surface area contributed by atoms with Crippen molar-refractivity contribution < 1.29 is 9.53 Å². The summed E-state index contributed by atoms with van der Waals surface area (Å²) in [5, 5.41) is 3.21. The van der Waals surface area contributed by atoms with E-state index in [1.807, 2.05) is 24.3 Å². The van der Waals surface area contributed by atoms with E-state index in [1.54, 1.807) is 0 Å². The molecule has 3 aliphatic rings. The van der Waals surface area contributed by atoms with Crippen LogP contribution in [0, 0.1) is 5.92 Å². The van der Waals surface area contributed by atoms with Gasteiger partial charge in [-0.05, 0) is 56.5 Å². The monoisotopic (exact) mass is 288 g/mol. The molecule has 21 heavy (non-hydrogen) atoms. The lowest BCUT2D eigenvalue weighted by Crippen LogP contribution is -2.57. The lowest BCUT2D eigenvalue weighted by molar-refractivity contribution is 0.0620. The van der Waals surface area contributed by atoms with Crippen LogP contribution in [0.4, 0.5) is 0 Å². The Kier molecular flexibility index (Phi) is 4.44. The summed E-state index contributed by atoms with van der Waals surface area (Å²) in [7, 11) is 0. The fraction of sp³-hybridized carbons (Fsp3) is 0.588. The van der Waals surface area contributed by atoms with Gasteiger partial charge in [-0.1, -0.05) is 13.0 Å². The first-order valence-electron chi connectivity index (χ1n) is 8.02. The van der Waals surface area contributed by atoms with Gasteiger partial charge in [-0.3, -0.25) is 4.79 Å². The van der Waals surface area contributed by atoms with Gasteiger partial charge in [0.15, 0.2) is 0 Å². The average Bonchev–Trinajstić information content (AvgIpc) is 2.54. The van der Waals surface area contributed by atoms with Crippen LogP contribution in [0.3, 0.4) is 0 Å². The number of carbonyl (C=O) groups excluding carboxylic acids is 1. The van der Waals surface area contributed by atoms with E-state index < -0.39 is 0 Å². The SMILES string of the molecule is CCCOc1cccc(C(=O)NC2CN3CCC2CC3)c1. The molecule has 3 fully saturated rings. The number of rotatable bonds is 5. The zero-order chi connectivity index (χ0) is 14.7. The maximum Gasteiger partial charge on any atom is 0.251 e. The molecule has 1 N–H and O–H groups in total. The minimum absolute atomic E-state index is 0.0238. The van der Waals surface area contributed by atoms with Crippen LogP contribution in [0.15, 0.2) is 24.3 Å². The van der Waals surface area contributed by atoms with Gasteiger partial charge in [0.1, 0.15) is 5.75 Å². The third kappa shape index (κ3) is 3.38. The van der Waals surface area contributed by atoms with Crippen molar-refractivity contribution in [3.05, 3.63) is 29.8 Å². The number of hydrogen-bond acceptors (Lipinski definition) is 3. The van der Waals surface area contributed by atoms with Crippen molar-refractivity contribution in [2.24, 2.45) is 5.92 Å². The number of piperidine rings is 3. The molecule has 0 aliphatic carbocycles. The predicted molar refractivity (Wildman–Crippen MR) is 82.6 cm³/mol. The Bertz CT molecular complexity index is 495. The van der Waals surface area contributed by atoms with Crippen LogP contribution in [-0.2, 0) is 0 Å². The Morgan fingerprint density at radius 3 is 2.86 bits per heavy atom. The Morgan fingerprint density at radius 1 is 1.38 bits per heavy atom. The highest BCUT2D eigenvalue weighted by Gasteiger charge is 2.34. The smallest absolute Gasteiger partial charge is 0.251 e. The lowest BCUT2D eigenvalue weighted by atomic mass is 9.84. The minimum Gasteiger partial charge on any atom is -0.494 e. The summed E-state index contributed by atoms with van der Waals surface area (Å²) < 4.78 is 5.60. The molecule has 0 aromatic heterocycles. The van der Waals surface area contributed by atoms with Gasteiger partial charge in [0.25, 0.3) is 5.91 Å². The number of carbonyl (C=O) groups is 1. The molecule has 1 amide bonds. The maximum absolute atomic E-state index is 12.4. The fourth-order valence-corrected chi connectivity index (χ4v) is 3.33. The molecule has 0 saturated carbocycles. The van der Waals surface area contributed by atoms with Crippen molar-refractivity contribution >= 4 is 5.91 Å². The van der Waals surface area contributed by atoms with E-state index in [1.165, 1.54) is 25.9 Å². The second-order valence-corrected chi connectivity index (χ2v) is 6.09. The third-order valence-corrected chi connectivity index (χ3v) is 4.54. The second-order valence-electron chi connectivity index (χ2n) is 6.09. The maximum atomic E-state index is 12.4. The Morgan fingerprint density at radius 2 is 2.19 bits per heavy atom. The molecule has 1 aromatic carbocycles. The van der Waals surface area contributed by atoms with Crippen LogP contribution in [0.5, 0.6) is 5.75 Å². The first-order valence-corrected chi connectivity index (χ1v) is 8.02. The van der Waals surface area contributed by atoms with Gasteiger partial charge in [-0.2, -0.15) is 0 Å². The van der Waals surface area contributed by atoms with Crippen molar-refractivity contribution in [2.45, 2.75) is 32.2 Å². The standard InChI is InChI=1S/C17H24N2O2/c1-2-10-21-15-5-3-4-14(11-15)17(20)18-16-12-19-8-6-13(16)7-9-19/h3-5,11,13,16H,2,6-10,12H2,1H3,(H,18,20). The van der Waals surface area contributed by atoms with Crippen molar-refractivity contribution in [1.29, 1.82) is 0 Å². The van der Waals surface area contributed by atoms with E-state index in [9.17, 15) is 4.79 Å². The van der Waals surface area contributed by atoms with Crippen LogP contribution in [-0.4, -0.2) is 43.1 Å². The molecule has 1 atom stereocenters. The van der Waals surface area contributed by atoms with Gasteiger partial charge in [0.05, 0.1) is 6.61 Å².